The van der Waals surface area contributed by atoms with E-state index in [1.54, 1.807) is 12.2 Å². The Kier molecular flexibility index (Phi) is 14.6. The second kappa shape index (κ2) is 15.6. The summed E-state index contributed by atoms with van der Waals surface area (Å²) in [4.78, 5) is 23.2. The SMILES string of the molecule is CCCCC/C=C/C=C/C(=O)/C=C\CCCCCCC(C)(C)C(=O)OC. The van der Waals surface area contributed by atoms with E-state index in [2.05, 4.69) is 13.0 Å². The van der Waals surface area contributed by atoms with E-state index in [-0.39, 0.29) is 11.8 Å². The zero-order chi connectivity index (χ0) is 19.7. The van der Waals surface area contributed by atoms with Crippen molar-refractivity contribution in [2.24, 2.45) is 5.41 Å². The van der Waals surface area contributed by atoms with Crippen molar-refractivity contribution in [3.63, 3.8) is 0 Å². The summed E-state index contributed by atoms with van der Waals surface area (Å²) < 4.78 is 4.81. The number of unbranched alkanes of at least 4 members (excludes halogenated alkanes) is 7. The number of carbonyl (C=O) groups excluding carboxylic acids is 2. The van der Waals surface area contributed by atoms with Crippen molar-refractivity contribution in [3.8, 4) is 0 Å². The van der Waals surface area contributed by atoms with Crippen LogP contribution in [0.4, 0.5) is 0 Å². The average molecular weight is 363 g/mol. The molecule has 0 aliphatic rings. The highest BCUT2D eigenvalue weighted by atomic mass is 16.5. The molecule has 0 bridgehead atoms. The molecule has 0 atom stereocenters. The molecule has 148 valence electrons. The molecule has 0 rings (SSSR count). The Morgan fingerprint density at radius 3 is 2.19 bits per heavy atom. The zero-order valence-electron chi connectivity index (χ0n) is 17.3. The predicted molar refractivity (Wildman–Crippen MR) is 110 cm³/mol. The number of allylic oxidation sites excluding steroid dienone is 6. The highest BCUT2D eigenvalue weighted by Gasteiger charge is 2.27. The van der Waals surface area contributed by atoms with Crippen molar-refractivity contribution >= 4 is 11.8 Å². The van der Waals surface area contributed by atoms with Gasteiger partial charge in [-0.1, -0.05) is 63.3 Å². The molecule has 0 N–H and O–H groups in total. The topological polar surface area (TPSA) is 43.4 Å². The third kappa shape index (κ3) is 13.6. The molecule has 0 saturated carbocycles. The van der Waals surface area contributed by atoms with E-state index in [0.29, 0.717) is 0 Å². The smallest absolute Gasteiger partial charge is 0.311 e. The van der Waals surface area contributed by atoms with E-state index in [0.717, 1.165) is 44.9 Å². The summed E-state index contributed by atoms with van der Waals surface area (Å²) in [6.45, 7) is 6.06. The van der Waals surface area contributed by atoms with Gasteiger partial charge in [0.2, 0.25) is 0 Å². The van der Waals surface area contributed by atoms with Gasteiger partial charge in [0, 0.05) is 0 Å². The average Bonchev–Trinajstić information content (AvgIpc) is 2.62. The molecule has 0 aromatic carbocycles. The summed E-state index contributed by atoms with van der Waals surface area (Å²) in [6.07, 6.45) is 22.0. The molecule has 0 spiro atoms. The Hall–Kier alpha value is -1.64. The van der Waals surface area contributed by atoms with Crippen molar-refractivity contribution in [1.82, 2.24) is 0 Å². The van der Waals surface area contributed by atoms with Gasteiger partial charge in [-0.05, 0) is 58.1 Å². The van der Waals surface area contributed by atoms with Crippen molar-refractivity contribution in [1.29, 1.82) is 0 Å². The third-order valence-electron chi connectivity index (χ3n) is 4.42. The number of hydrogen-bond acceptors (Lipinski definition) is 3. The van der Waals surface area contributed by atoms with Crippen LogP contribution in [0.3, 0.4) is 0 Å². The van der Waals surface area contributed by atoms with Gasteiger partial charge in [0.1, 0.15) is 0 Å². The van der Waals surface area contributed by atoms with Gasteiger partial charge in [-0.2, -0.15) is 0 Å². The molecule has 0 aliphatic heterocycles. The van der Waals surface area contributed by atoms with Gasteiger partial charge in [0.25, 0.3) is 0 Å². The van der Waals surface area contributed by atoms with Crippen molar-refractivity contribution < 1.29 is 14.3 Å². The first-order valence-corrected chi connectivity index (χ1v) is 10.1. The van der Waals surface area contributed by atoms with Gasteiger partial charge in [0.15, 0.2) is 5.78 Å². The van der Waals surface area contributed by atoms with E-state index in [1.807, 2.05) is 32.1 Å². The molecular formula is C23H38O3. The summed E-state index contributed by atoms with van der Waals surface area (Å²) in [7, 11) is 1.44. The zero-order valence-corrected chi connectivity index (χ0v) is 17.3. The first kappa shape index (κ1) is 24.4. The van der Waals surface area contributed by atoms with Crippen LogP contribution in [-0.4, -0.2) is 18.9 Å². The van der Waals surface area contributed by atoms with E-state index in [1.165, 1.54) is 26.4 Å². The number of methoxy groups -OCH3 is 1. The van der Waals surface area contributed by atoms with Gasteiger partial charge in [-0.15, -0.1) is 0 Å². The monoisotopic (exact) mass is 362 g/mol. The number of carbonyl (C=O) groups is 2. The molecule has 3 heteroatoms. The minimum absolute atomic E-state index is 0.0445. The summed E-state index contributed by atoms with van der Waals surface area (Å²) >= 11 is 0. The molecule has 0 radical (unpaired) electrons. The summed E-state index contributed by atoms with van der Waals surface area (Å²) in [5, 5.41) is 0. The normalized spacial score (nSPS) is 12.5. The Morgan fingerprint density at radius 1 is 0.846 bits per heavy atom. The second-order valence-electron chi connectivity index (χ2n) is 7.42. The molecule has 0 aromatic heterocycles. The van der Waals surface area contributed by atoms with E-state index < -0.39 is 5.41 Å². The number of esters is 1. The van der Waals surface area contributed by atoms with Gasteiger partial charge >= 0.3 is 5.97 Å². The maximum absolute atomic E-state index is 11.7. The van der Waals surface area contributed by atoms with Crippen molar-refractivity contribution in [3.05, 3.63) is 36.5 Å². The molecule has 0 amide bonds. The highest BCUT2D eigenvalue weighted by Crippen LogP contribution is 2.25. The molecule has 0 saturated heterocycles. The van der Waals surface area contributed by atoms with E-state index >= 15 is 0 Å². The first-order chi connectivity index (χ1) is 12.4. The van der Waals surface area contributed by atoms with Gasteiger partial charge in [0.05, 0.1) is 12.5 Å². The quantitative estimate of drug-likeness (QED) is 0.148. The van der Waals surface area contributed by atoms with Crippen molar-refractivity contribution in [2.45, 2.75) is 85.0 Å². The molecule has 0 heterocycles. The Balaban J connectivity index is 3.71. The molecule has 26 heavy (non-hydrogen) atoms. The maximum Gasteiger partial charge on any atom is 0.311 e. The van der Waals surface area contributed by atoms with E-state index in [9.17, 15) is 9.59 Å². The van der Waals surface area contributed by atoms with Crippen LogP contribution < -0.4 is 0 Å². The Morgan fingerprint density at radius 2 is 1.50 bits per heavy atom. The summed E-state index contributed by atoms with van der Waals surface area (Å²) in [6, 6.07) is 0. The first-order valence-electron chi connectivity index (χ1n) is 10.1. The summed E-state index contributed by atoms with van der Waals surface area (Å²) in [5.41, 5.74) is -0.391. The number of rotatable bonds is 15. The molecule has 0 fully saturated rings. The van der Waals surface area contributed by atoms with E-state index in [4.69, 9.17) is 4.74 Å². The number of hydrogen-bond donors (Lipinski definition) is 0. The van der Waals surface area contributed by atoms with Crippen LogP contribution in [-0.2, 0) is 14.3 Å². The van der Waals surface area contributed by atoms with Crippen LogP contribution in [0.15, 0.2) is 36.5 Å². The van der Waals surface area contributed by atoms with Gasteiger partial charge < -0.3 is 4.74 Å². The largest absolute Gasteiger partial charge is 0.469 e. The standard InChI is InChI=1S/C23H38O3/c1-5-6-7-8-9-12-15-18-21(24)19-16-13-10-11-14-17-20-23(2,3)22(25)26-4/h9,12,15-16,18-19H,5-8,10-11,13-14,17,20H2,1-4H3/b12-9+,18-15+,19-16-. The lowest BCUT2D eigenvalue weighted by atomic mass is 9.87. The van der Waals surface area contributed by atoms with Crippen molar-refractivity contribution in [2.75, 3.05) is 7.11 Å². The minimum atomic E-state index is -0.391. The third-order valence-corrected chi connectivity index (χ3v) is 4.42. The molecular weight excluding hydrogens is 324 g/mol. The van der Waals surface area contributed by atoms with Crippen LogP contribution in [0.25, 0.3) is 0 Å². The fourth-order valence-corrected chi connectivity index (χ4v) is 2.65. The molecule has 0 aromatic rings. The highest BCUT2D eigenvalue weighted by molar-refractivity contribution is 5.99. The lowest BCUT2D eigenvalue weighted by molar-refractivity contribution is -0.151. The molecule has 0 unspecified atom stereocenters. The number of ether oxygens (including phenoxy) is 1. The van der Waals surface area contributed by atoms with Crippen LogP contribution >= 0.6 is 0 Å². The minimum Gasteiger partial charge on any atom is -0.469 e. The molecule has 0 aliphatic carbocycles. The van der Waals surface area contributed by atoms with Crippen LogP contribution in [0.2, 0.25) is 0 Å². The molecule has 3 nitrogen and oxygen atoms in total. The van der Waals surface area contributed by atoms with Gasteiger partial charge in [-0.3, -0.25) is 9.59 Å². The lowest BCUT2D eigenvalue weighted by Gasteiger charge is -2.20. The predicted octanol–water partition coefficient (Wildman–Crippen LogP) is 6.34. The Labute approximate surface area is 160 Å². The van der Waals surface area contributed by atoms with Gasteiger partial charge in [-0.25, -0.2) is 0 Å². The Bertz CT molecular complexity index is 470. The fraction of sp³-hybridized carbons (Fsp3) is 0.652. The maximum atomic E-state index is 11.7. The number of ketones is 1. The van der Waals surface area contributed by atoms with Crippen LogP contribution in [0.5, 0.6) is 0 Å². The van der Waals surface area contributed by atoms with Crippen LogP contribution in [0, 0.1) is 5.41 Å². The van der Waals surface area contributed by atoms with Crippen LogP contribution in [0.1, 0.15) is 85.0 Å². The second-order valence-corrected chi connectivity index (χ2v) is 7.42. The lowest BCUT2D eigenvalue weighted by Crippen LogP contribution is -2.25. The summed E-state index contributed by atoms with van der Waals surface area (Å²) in [5.74, 6) is -0.0918. The fourth-order valence-electron chi connectivity index (χ4n) is 2.65.